The van der Waals surface area contributed by atoms with Crippen LogP contribution in [0.15, 0.2) is 12.5 Å². The third-order valence-electron chi connectivity index (χ3n) is 2.10. The Bertz CT molecular complexity index is 402. The summed E-state index contributed by atoms with van der Waals surface area (Å²) in [6.07, 6.45) is 5.98. The van der Waals surface area contributed by atoms with Crippen molar-refractivity contribution in [3.8, 4) is 10.7 Å². The number of hydrogen-bond acceptors (Lipinski definition) is 5. The van der Waals surface area contributed by atoms with E-state index in [4.69, 9.17) is 0 Å². The second kappa shape index (κ2) is 2.59. The minimum Gasteiger partial charge on any atom is -0.310 e. The average molecular weight is 193 g/mol. The Morgan fingerprint density at radius 2 is 2.31 bits per heavy atom. The van der Waals surface area contributed by atoms with Gasteiger partial charge in [-0.25, -0.2) is 0 Å². The van der Waals surface area contributed by atoms with E-state index in [2.05, 4.69) is 24.4 Å². The second-order valence-electron chi connectivity index (χ2n) is 3.07. The molecule has 0 saturated heterocycles. The lowest BCUT2D eigenvalue weighted by Crippen LogP contribution is -1.93. The molecule has 0 aromatic carbocycles. The molecule has 2 aromatic heterocycles. The van der Waals surface area contributed by atoms with E-state index in [1.807, 2.05) is 0 Å². The van der Waals surface area contributed by atoms with Gasteiger partial charge in [-0.3, -0.25) is 0 Å². The van der Waals surface area contributed by atoms with E-state index < -0.39 is 0 Å². The van der Waals surface area contributed by atoms with Crippen LogP contribution in [0.2, 0.25) is 0 Å². The Hall–Kier alpha value is -1.30. The molecular formula is C7H7N5S. The molecule has 0 amide bonds. The number of rotatable bonds is 2. The molecule has 2 aromatic rings. The minimum atomic E-state index is 0.604. The van der Waals surface area contributed by atoms with Crippen molar-refractivity contribution in [3.63, 3.8) is 0 Å². The largest absolute Gasteiger partial charge is 0.310 e. The molecule has 3 rings (SSSR count). The summed E-state index contributed by atoms with van der Waals surface area (Å²) in [5, 5.41) is 11.8. The van der Waals surface area contributed by atoms with Gasteiger partial charge in [-0.05, 0) is 24.4 Å². The molecule has 0 spiro atoms. The summed E-state index contributed by atoms with van der Waals surface area (Å²) >= 11 is 1.36. The normalized spacial score (nSPS) is 16.3. The highest BCUT2D eigenvalue weighted by atomic mass is 32.1. The fraction of sp³-hybridized carbons (Fsp3) is 0.429. The Labute approximate surface area is 78.6 Å². The maximum atomic E-state index is 4.06. The number of aromatic nitrogens is 5. The third-order valence-corrected chi connectivity index (χ3v) is 2.76. The zero-order valence-corrected chi connectivity index (χ0v) is 7.61. The van der Waals surface area contributed by atoms with Crippen molar-refractivity contribution in [2.45, 2.75) is 18.9 Å². The van der Waals surface area contributed by atoms with Gasteiger partial charge >= 0.3 is 0 Å². The zero-order chi connectivity index (χ0) is 8.67. The van der Waals surface area contributed by atoms with Crippen molar-refractivity contribution in [1.82, 2.24) is 24.4 Å². The van der Waals surface area contributed by atoms with Crippen molar-refractivity contribution in [2.24, 2.45) is 0 Å². The fourth-order valence-electron chi connectivity index (χ4n) is 1.30. The molecule has 6 heteroatoms. The van der Waals surface area contributed by atoms with Crippen LogP contribution in [-0.2, 0) is 0 Å². The molecule has 1 aliphatic carbocycles. The topological polar surface area (TPSA) is 56.5 Å². The Morgan fingerprint density at radius 3 is 3.00 bits per heavy atom. The van der Waals surface area contributed by atoms with Crippen molar-refractivity contribution in [3.05, 3.63) is 12.5 Å². The van der Waals surface area contributed by atoms with Gasteiger partial charge in [0, 0.05) is 6.04 Å². The van der Waals surface area contributed by atoms with Crippen LogP contribution in [0, 0.1) is 0 Å². The Morgan fingerprint density at radius 1 is 1.38 bits per heavy atom. The Balaban J connectivity index is 2.08. The predicted molar refractivity (Wildman–Crippen MR) is 47.2 cm³/mol. The van der Waals surface area contributed by atoms with E-state index in [1.165, 1.54) is 24.4 Å². The Kier molecular flexibility index (Phi) is 1.42. The van der Waals surface area contributed by atoms with Gasteiger partial charge in [-0.2, -0.15) is 0 Å². The molecule has 5 nitrogen and oxygen atoms in total. The highest BCUT2D eigenvalue weighted by Gasteiger charge is 2.26. The summed E-state index contributed by atoms with van der Waals surface area (Å²) in [7, 11) is 0. The SMILES string of the molecule is c1nnsc1-c1nncn1C1CC1. The molecule has 1 fully saturated rings. The van der Waals surface area contributed by atoms with Gasteiger partial charge in [-0.1, -0.05) is 4.49 Å². The average Bonchev–Trinajstić information content (AvgIpc) is 2.72. The third kappa shape index (κ3) is 1.14. The predicted octanol–water partition coefficient (Wildman–Crippen LogP) is 1.13. The van der Waals surface area contributed by atoms with Crippen LogP contribution in [0.25, 0.3) is 10.7 Å². The van der Waals surface area contributed by atoms with Gasteiger partial charge in [0.05, 0.1) is 6.20 Å². The highest BCUT2D eigenvalue weighted by molar-refractivity contribution is 7.09. The van der Waals surface area contributed by atoms with E-state index in [9.17, 15) is 0 Å². The van der Waals surface area contributed by atoms with Crippen LogP contribution in [0.1, 0.15) is 18.9 Å². The zero-order valence-electron chi connectivity index (χ0n) is 6.79. The molecule has 13 heavy (non-hydrogen) atoms. The molecule has 0 bridgehead atoms. The number of hydrogen-bond donors (Lipinski definition) is 0. The monoisotopic (exact) mass is 193 g/mol. The van der Waals surface area contributed by atoms with Crippen LogP contribution in [0.3, 0.4) is 0 Å². The lowest BCUT2D eigenvalue weighted by Gasteiger charge is -1.99. The van der Waals surface area contributed by atoms with Crippen molar-refractivity contribution < 1.29 is 0 Å². The molecule has 0 aliphatic heterocycles. The molecule has 2 heterocycles. The van der Waals surface area contributed by atoms with E-state index in [0.29, 0.717) is 6.04 Å². The first-order chi connectivity index (χ1) is 6.45. The van der Waals surface area contributed by atoms with Crippen molar-refractivity contribution in [1.29, 1.82) is 0 Å². The van der Waals surface area contributed by atoms with Crippen LogP contribution in [0.5, 0.6) is 0 Å². The lowest BCUT2D eigenvalue weighted by atomic mass is 10.5. The van der Waals surface area contributed by atoms with Crippen molar-refractivity contribution >= 4 is 11.5 Å². The quantitative estimate of drug-likeness (QED) is 0.717. The van der Waals surface area contributed by atoms with Crippen LogP contribution in [-0.4, -0.2) is 24.4 Å². The van der Waals surface area contributed by atoms with Gasteiger partial charge in [0.2, 0.25) is 0 Å². The fourth-order valence-corrected chi connectivity index (χ4v) is 1.81. The lowest BCUT2D eigenvalue weighted by molar-refractivity contribution is 0.747. The minimum absolute atomic E-state index is 0.604. The maximum absolute atomic E-state index is 4.06. The molecule has 0 N–H and O–H groups in total. The van der Waals surface area contributed by atoms with Gasteiger partial charge in [-0.15, -0.1) is 15.3 Å². The molecule has 1 aliphatic rings. The molecular weight excluding hydrogens is 186 g/mol. The maximum Gasteiger partial charge on any atom is 0.177 e. The summed E-state index contributed by atoms with van der Waals surface area (Å²) < 4.78 is 5.92. The van der Waals surface area contributed by atoms with Gasteiger partial charge in [0.25, 0.3) is 0 Å². The van der Waals surface area contributed by atoms with E-state index in [0.717, 1.165) is 10.7 Å². The molecule has 0 unspecified atom stereocenters. The van der Waals surface area contributed by atoms with Crippen LogP contribution in [0.4, 0.5) is 0 Å². The van der Waals surface area contributed by atoms with Crippen LogP contribution >= 0.6 is 11.5 Å². The molecule has 0 atom stereocenters. The van der Waals surface area contributed by atoms with E-state index >= 15 is 0 Å². The smallest absolute Gasteiger partial charge is 0.177 e. The van der Waals surface area contributed by atoms with E-state index in [1.54, 1.807) is 12.5 Å². The van der Waals surface area contributed by atoms with Gasteiger partial charge < -0.3 is 4.57 Å². The first-order valence-electron chi connectivity index (χ1n) is 4.12. The van der Waals surface area contributed by atoms with Gasteiger partial charge in [0.1, 0.15) is 11.2 Å². The van der Waals surface area contributed by atoms with Crippen LogP contribution < -0.4 is 0 Å². The molecule has 1 saturated carbocycles. The standard InChI is InChI=1S/C7H7N5S/c1-2-5(1)12-4-9-10-7(12)6-3-8-11-13-6/h3-5H,1-2H2. The number of nitrogens with zero attached hydrogens (tertiary/aromatic N) is 5. The first kappa shape index (κ1) is 7.14. The molecule has 0 radical (unpaired) electrons. The first-order valence-corrected chi connectivity index (χ1v) is 4.90. The highest BCUT2D eigenvalue weighted by Crippen LogP contribution is 2.37. The van der Waals surface area contributed by atoms with E-state index in [-0.39, 0.29) is 0 Å². The van der Waals surface area contributed by atoms with Gasteiger partial charge in [0.15, 0.2) is 5.82 Å². The molecule has 66 valence electrons. The summed E-state index contributed by atoms with van der Waals surface area (Å²) in [5.74, 6) is 0.900. The summed E-state index contributed by atoms with van der Waals surface area (Å²) in [5.41, 5.74) is 0. The summed E-state index contributed by atoms with van der Waals surface area (Å²) in [4.78, 5) is 0.990. The second-order valence-corrected chi connectivity index (χ2v) is 3.86. The van der Waals surface area contributed by atoms with Crippen molar-refractivity contribution in [2.75, 3.05) is 0 Å². The summed E-state index contributed by atoms with van der Waals surface area (Å²) in [6.45, 7) is 0. The summed E-state index contributed by atoms with van der Waals surface area (Å²) in [6, 6.07) is 0.604.